The zero-order valence-electron chi connectivity index (χ0n) is 15.4. The van der Waals surface area contributed by atoms with E-state index >= 15 is 0 Å². The lowest BCUT2D eigenvalue weighted by atomic mass is 10.00. The van der Waals surface area contributed by atoms with Crippen molar-refractivity contribution in [1.29, 1.82) is 0 Å². The van der Waals surface area contributed by atoms with Crippen LogP contribution in [0.5, 0.6) is 0 Å². The lowest BCUT2D eigenvalue weighted by Gasteiger charge is -2.25. The van der Waals surface area contributed by atoms with E-state index < -0.39 is 0 Å². The normalized spacial score (nSPS) is 19.5. The Labute approximate surface area is 164 Å². The highest BCUT2D eigenvalue weighted by molar-refractivity contribution is 7.09. The van der Waals surface area contributed by atoms with Crippen molar-refractivity contribution >= 4 is 23.3 Å². The Bertz CT molecular complexity index is 806. The van der Waals surface area contributed by atoms with Gasteiger partial charge in [-0.3, -0.25) is 4.79 Å². The summed E-state index contributed by atoms with van der Waals surface area (Å²) in [5.41, 5.74) is 2.50. The molecule has 4 rings (SSSR count). The van der Waals surface area contributed by atoms with Crippen molar-refractivity contribution in [2.45, 2.75) is 31.7 Å². The van der Waals surface area contributed by atoms with Crippen molar-refractivity contribution in [2.24, 2.45) is 0 Å². The molecule has 1 fully saturated rings. The molecule has 0 spiro atoms. The maximum atomic E-state index is 13.1. The molecule has 1 saturated heterocycles. The number of nitrogens with zero attached hydrogens (tertiary/aromatic N) is 2. The molecule has 142 valence electrons. The van der Waals surface area contributed by atoms with Crippen LogP contribution in [0.1, 0.15) is 34.8 Å². The minimum absolute atomic E-state index is 0.0135. The number of thiophene rings is 1. The maximum absolute atomic E-state index is 13.1. The molecule has 3 amide bonds. The lowest BCUT2D eigenvalue weighted by molar-refractivity contribution is -0.132. The molecule has 2 aliphatic rings. The second kappa shape index (κ2) is 8.13. The summed E-state index contributed by atoms with van der Waals surface area (Å²) >= 11 is 1.64. The number of hydrogen-bond donors (Lipinski definition) is 1. The Morgan fingerprint density at radius 3 is 2.70 bits per heavy atom. The van der Waals surface area contributed by atoms with Crippen molar-refractivity contribution in [3.63, 3.8) is 0 Å². The maximum Gasteiger partial charge on any atom is 0.317 e. The third-order valence-electron chi connectivity index (χ3n) is 5.52. The van der Waals surface area contributed by atoms with Crippen molar-refractivity contribution in [3.8, 4) is 0 Å². The largest absolute Gasteiger partial charge is 0.340 e. The molecule has 0 saturated carbocycles. The molecule has 1 aliphatic carbocycles. The highest BCUT2D eigenvalue weighted by atomic mass is 32.1. The van der Waals surface area contributed by atoms with E-state index in [9.17, 15) is 9.59 Å². The fourth-order valence-corrected chi connectivity index (χ4v) is 4.71. The number of aryl methyl sites for hydroxylation is 1. The van der Waals surface area contributed by atoms with Crippen molar-refractivity contribution < 1.29 is 9.59 Å². The standard InChI is InChI=1S/C21H25N3O2S/c25-20(19-9-8-16-5-1-2-7-18(16)19)23-10-4-11-24(13-12-23)21(26)22-15-17-6-3-14-27-17/h1-3,5-7,14,19H,4,8-13,15H2,(H,22,26). The van der Waals surface area contributed by atoms with Gasteiger partial charge in [-0.15, -0.1) is 11.3 Å². The predicted octanol–water partition coefficient (Wildman–Crippen LogP) is 3.22. The molecule has 1 N–H and O–H groups in total. The zero-order chi connectivity index (χ0) is 18.6. The first-order valence-corrected chi connectivity index (χ1v) is 10.5. The average Bonchev–Trinajstić information content (AvgIpc) is 3.29. The number of benzene rings is 1. The lowest BCUT2D eigenvalue weighted by Crippen LogP contribution is -2.42. The summed E-state index contributed by atoms with van der Waals surface area (Å²) in [6.45, 7) is 3.20. The van der Waals surface area contributed by atoms with Crippen LogP contribution in [-0.4, -0.2) is 47.9 Å². The van der Waals surface area contributed by atoms with Gasteiger partial charge in [0.2, 0.25) is 5.91 Å². The van der Waals surface area contributed by atoms with Gasteiger partial charge >= 0.3 is 6.03 Å². The summed E-state index contributed by atoms with van der Waals surface area (Å²) in [6.07, 6.45) is 2.71. The predicted molar refractivity (Wildman–Crippen MR) is 107 cm³/mol. The van der Waals surface area contributed by atoms with Gasteiger partial charge in [-0.05, 0) is 41.8 Å². The Morgan fingerprint density at radius 2 is 1.85 bits per heavy atom. The first kappa shape index (κ1) is 18.0. The second-order valence-electron chi connectivity index (χ2n) is 7.19. The summed E-state index contributed by atoms with van der Waals surface area (Å²) in [6, 6.07) is 12.3. The molecule has 1 aromatic carbocycles. The summed E-state index contributed by atoms with van der Waals surface area (Å²) in [4.78, 5) is 30.5. The second-order valence-corrected chi connectivity index (χ2v) is 8.23. The first-order valence-electron chi connectivity index (χ1n) is 9.64. The quantitative estimate of drug-likeness (QED) is 0.885. The smallest absolute Gasteiger partial charge is 0.317 e. The van der Waals surface area contributed by atoms with Crippen LogP contribution in [0.4, 0.5) is 4.79 Å². The van der Waals surface area contributed by atoms with Crippen LogP contribution in [0.2, 0.25) is 0 Å². The first-order chi connectivity index (χ1) is 13.2. The van der Waals surface area contributed by atoms with Crippen molar-refractivity contribution in [2.75, 3.05) is 26.2 Å². The number of carbonyl (C=O) groups excluding carboxylic acids is 2. The van der Waals surface area contributed by atoms with Gasteiger partial charge in [0.1, 0.15) is 0 Å². The topological polar surface area (TPSA) is 52.7 Å². The molecular formula is C21H25N3O2S. The van der Waals surface area contributed by atoms with E-state index in [0.29, 0.717) is 26.2 Å². The monoisotopic (exact) mass is 383 g/mol. The summed E-state index contributed by atoms with van der Waals surface area (Å²) in [5.74, 6) is 0.209. The molecule has 2 heterocycles. The molecule has 27 heavy (non-hydrogen) atoms. The van der Waals surface area contributed by atoms with Gasteiger partial charge < -0.3 is 15.1 Å². The third kappa shape index (κ3) is 4.00. The highest BCUT2D eigenvalue weighted by Gasteiger charge is 2.32. The van der Waals surface area contributed by atoms with Crippen LogP contribution < -0.4 is 5.32 Å². The number of amides is 3. The fourth-order valence-electron chi connectivity index (χ4n) is 4.06. The van der Waals surface area contributed by atoms with E-state index in [-0.39, 0.29) is 17.9 Å². The van der Waals surface area contributed by atoms with E-state index in [4.69, 9.17) is 0 Å². The van der Waals surface area contributed by atoms with Crippen LogP contribution in [-0.2, 0) is 17.8 Å². The van der Waals surface area contributed by atoms with Gasteiger partial charge in [0.25, 0.3) is 0 Å². The molecule has 6 heteroatoms. The van der Waals surface area contributed by atoms with Crippen LogP contribution >= 0.6 is 11.3 Å². The number of fused-ring (bicyclic) bond motifs is 1. The fraction of sp³-hybridized carbons (Fsp3) is 0.429. The van der Waals surface area contributed by atoms with Crippen molar-refractivity contribution in [3.05, 3.63) is 57.8 Å². The number of carbonyl (C=O) groups is 2. The van der Waals surface area contributed by atoms with Crippen molar-refractivity contribution in [1.82, 2.24) is 15.1 Å². The number of hydrogen-bond acceptors (Lipinski definition) is 3. The molecule has 1 aliphatic heterocycles. The summed E-state index contributed by atoms with van der Waals surface area (Å²) < 4.78 is 0. The van der Waals surface area contributed by atoms with E-state index in [2.05, 4.69) is 17.4 Å². The molecule has 0 bridgehead atoms. The van der Waals surface area contributed by atoms with Gasteiger partial charge in [-0.1, -0.05) is 30.3 Å². The van der Waals surface area contributed by atoms with E-state index in [0.717, 1.165) is 30.7 Å². The van der Waals surface area contributed by atoms with E-state index in [1.807, 2.05) is 39.4 Å². The summed E-state index contributed by atoms with van der Waals surface area (Å²) in [5, 5.41) is 5.00. The average molecular weight is 384 g/mol. The van der Waals surface area contributed by atoms with Crippen LogP contribution in [0, 0.1) is 0 Å². The SMILES string of the molecule is O=C(NCc1cccs1)N1CCCN(C(=O)C2CCc3ccccc32)CC1. The van der Waals surface area contributed by atoms with Crippen LogP contribution in [0.3, 0.4) is 0 Å². The Balaban J connectivity index is 1.33. The molecule has 5 nitrogen and oxygen atoms in total. The van der Waals surface area contributed by atoms with Gasteiger partial charge in [0, 0.05) is 31.1 Å². The molecular weight excluding hydrogens is 358 g/mol. The van der Waals surface area contributed by atoms with Gasteiger partial charge in [0.15, 0.2) is 0 Å². The van der Waals surface area contributed by atoms with Gasteiger partial charge in [-0.25, -0.2) is 4.79 Å². The molecule has 1 aromatic heterocycles. The molecule has 1 unspecified atom stereocenters. The summed E-state index contributed by atoms with van der Waals surface area (Å²) in [7, 11) is 0. The molecule has 0 radical (unpaired) electrons. The zero-order valence-corrected chi connectivity index (χ0v) is 16.2. The molecule has 1 atom stereocenters. The Morgan fingerprint density at radius 1 is 1.04 bits per heavy atom. The minimum Gasteiger partial charge on any atom is -0.340 e. The van der Waals surface area contributed by atoms with E-state index in [1.54, 1.807) is 11.3 Å². The Kier molecular flexibility index (Phi) is 5.43. The van der Waals surface area contributed by atoms with Gasteiger partial charge in [0.05, 0.1) is 12.5 Å². The minimum atomic E-state index is -0.0380. The Hall–Kier alpha value is -2.34. The van der Waals surface area contributed by atoms with Gasteiger partial charge in [-0.2, -0.15) is 0 Å². The number of nitrogens with one attached hydrogen (secondary N) is 1. The number of rotatable bonds is 3. The molecule has 2 aromatic rings. The van der Waals surface area contributed by atoms with Crippen LogP contribution in [0.25, 0.3) is 0 Å². The number of urea groups is 1. The highest BCUT2D eigenvalue weighted by Crippen LogP contribution is 2.34. The third-order valence-corrected chi connectivity index (χ3v) is 6.40. The van der Waals surface area contributed by atoms with E-state index in [1.165, 1.54) is 11.1 Å². The van der Waals surface area contributed by atoms with Crippen LogP contribution in [0.15, 0.2) is 41.8 Å².